The number of halogens is 1. The van der Waals surface area contributed by atoms with Gasteiger partial charge in [0.2, 0.25) is 11.8 Å². The molecule has 8 heteroatoms. The molecule has 0 saturated carbocycles. The summed E-state index contributed by atoms with van der Waals surface area (Å²) in [5, 5.41) is 10.7. The number of hydrogen-bond acceptors (Lipinski definition) is 6. The van der Waals surface area contributed by atoms with Crippen LogP contribution in [0, 0.1) is 17.1 Å². The third-order valence-corrected chi connectivity index (χ3v) is 5.59. The Morgan fingerprint density at radius 3 is 3.03 bits per heavy atom. The van der Waals surface area contributed by atoms with Crippen LogP contribution in [0.1, 0.15) is 43.9 Å². The van der Waals surface area contributed by atoms with E-state index in [4.69, 9.17) is 10.00 Å². The maximum absolute atomic E-state index is 14.0. The molecule has 1 aromatic heterocycles. The number of amides is 1. The van der Waals surface area contributed by atoms with Gasteiger partial charge in [-0.25, -0.2) is 9.37 Å². The molecule has 1 amide bonds. The third kappa shape index (κ3) is 5.92. The van der Waals surface area contributed by atoms with E-state index in [1.54, 1.807) is 18.2 Å². The predicted molar refractivity (Wildman–Crippen MR) is 108 cm³/mol. The molecule has 1 aliphatic heterocycles. The highest BCUT2D eigenvalue weighted by Gasteiger charge is 2.25. The summed E-state index contributed by atoms with van der Waals surface area (Å²) < 4.78 is 20.1. The number of nitriles is 1. The van der Waals surface area contributed by atoms with Crippen LogP contribution in [0.2, 0.25) is 0 Å². The van der Waals surface area contributed by atoms with Gasteiger partial charge < -0.3 is 4.74 Å². The van der Waals surface area contributed by atoms with Crippen molar-refractivity contribution >= 4 is 17.7 Å². The van der Waals surface area contributed by atoms with Crippen molar-refractivity contribution in [1.29, 1.82) is 5.26 Å². The lowest BCUT2D eigenvalue weighted by Gasteiger charge is -2.35. The summed E-state index contributed by atoms with van der Waals surface area (Å²) in [6.07, 6.45) is 2.99. The molecule has 0 bridgehead atoms. The highest BCUT2D eigenvalue weighted by Crippen LogP contribution is 2.27. The first-order chi connectivity index (χ1) is 14.1. The number of carbonyl (C=O) groups is 1. The largest absolute Gasteiger partial charge is 0.457 e. The molecule has 1 atom stereocenters. The van der Waals surface area contributed by atoms with Crippen LogP contribution in [-0.2, 0) is 10.5 Å². The van der Waals surface area contributed by atoms with Crippen LogP contribution in [0.3, 0.4) is 0 Å². The van der Waals surface area contributed by atoms with Crippen molar-refractivity contribution in [2.45, 2.75) is 49.5 Å². The molecule has 3 rings (SSSR count). The Balaban J connectivity index is 1.63. The van der Waals surface area contributed by atoms with E-state index in [0.717, 1.165) is 31.5 Å². The van der Waals surface area contributed by atoms with E-state index in [1.807, 2.05) is 30.1 Å². The van der Waals surface area contributed by atoms with E-state index in [2.05, 4.69) is 10.4 Å². The fraction of sp³-hybridized carbons (Fsp3) is 0.381. The van der Waals surface area contributed by atoms with Crippen LogP contribution in [0.25, 0.3) is 0 Å². The lowest BCUT2D eigenvalue weighted by Crippen LogP contribution is -2.53. The fourth-order valence-corrected chi connectivity index (χ4v) is 3.80. The zero-order valence-corrected chi connectivity index (χ0v) is 17.0. The number of thioether (sulfide) groups is 1. The molecule has 152 valence electrons. The normalized spacial score (nSPS) is 16.8. The van der Waals surface area contributed by atoms with Crippen LogP contribution >= 0.6 is 11.8 Å². The number of ether oxygens (including phenoxy) is 1. The van der Waals surface area contributed by atoms with Gasteiger partial charge in [-0.15, -0.1) is 11.8 Å². The molecule has 1 fully saturated rings. The summed E-state index contributed by atoms with van der Waals surface area (Å²) in [6.45, 7) is 2.55. The number of pyridine rings is 1. The number of piperidine rings is 1. The highest BCUT2D eigenvalue weighted by atomic mass is 32.2. The second kappa shape index (κ2) is 10.2. The average Bonchev–Trinajstić information content (AvgIpc) is 2.74. The maximum Gasteiger partial charge on any atom is 0.234 e. The number of carbonyl (C=O) groups excluding carboxylic acids is 1. The summed E-state index contributed by atoms with van der Waals surface area (Å²) in [6, 6.07) is 11.9. The number of rotatable bonds is 7. The number of benzene rings is 1. The van der Waals surface area contributed by atoms with E-state index in [9.17, 15) is 9.18 Å². The van der Waals surface area contributed by atoms with Crippen molar-refractivity contribution in [3.63, 3.8) is 0 Å². The summed E-state index contributed by atoms with van der Waals surface area (Å²) >= 11 is 1.32. The lowest BCUT2D eigenvalue weighted by molar-refractivity contribution is -0.132. The molecule has 0 aliphatic carbocycles. The smallest absolute Gasteiger partial charge is 0.234 e. The molecule has 1 N–H and O–H groups in total. The van der Waals surface area contributed by atoms with E-state index in [1.165, 1.54) is 17.8 Å². The van der Waals surface area contributed by atoms with E-state index < -0.39 is 5.82 Å². The van der Waals surface area contributed by atoms with Crippen molar-refractivity contribution in [1.82, 2.24) is 15.4 Å². The van der Waals surface area contributed by atoms with E-state index in [-0.39, 0.29) is 12.1 Å². The summed E-state index contributed by atoms with van der Waals surface area (Å²) in [5.41, 5.74) is 3.95. The van der Waals surface area contributed by atoms with Crippen molar-refractivity contribution in [3.8, 4) is 11.9 Å². The molecule has 1 saturated heterocycles. The molecule has 1 aromatic carbocycles. The highest BCUT2D eigenvalue weighted by molar-refractivity contribution is 7.98. The Labute approximate surface area is 174 Å². The number of nitrogens with one attached hydrogen (secondary N) is 1. The summed E-state index contributed by atoms with van der Waals surface area (Å²) in [4.78, 5) is 16.7. The van der Waals surface area contributed by atoms with Crippen molar-refractivity contribution < 1.29 is 13.9 Å². The van der Waals surface area contributed by atoms with Gasteiger partial charge in [-0.2, -0.15) is 10.3 Å². The number of nitrogens with zero attached hydrogens (tertiary/aromatic N) is 3. The first kappa shape index (κ1) is 21.1. The lowest BCUT2D eigenvalue weighted by atomic mass is 10.1. The Kier molecular flexibility index (Phi) is 7.44. The molecule has 2 heterocycles. The second-order valence-corrected chi connectivity index (χ2v) is 7.68. The Bertz CT molecular complexity index is 902. The van der Waals surface area contributed by atoms with Crippen LogP contribution in [0.4, 0.5) is 4.39 Å². The minimum atomic E-state index is -0.411. The first-order valence-corrected chi connectivity index (χ1v) is 10.6. The number of hydrazine groups is 1. The monoisotopic (exact) mass is 414 g/mol. The van der Waals surface area contributed by atoms with Crippen LogP contribution in [0.5, 0.6) is 5.88 Å². The van der Waals surface area contributed by atoms with Gasteiger partial charge in [0.05, 0.1) is 17.3 Å². The molecule has 0 spiro atoms. The minimum Gasteiger partial charge on any atom is -0.457 e. The zero-order valence-electron chi connectivity index (χ0n) is 16.2. The van der Waals surface area contributed by atoms with Crippen molar-refractivity contribution in [3.05, 3.63) is 53.5 Å². The molecule has 1 unspecified atom stereocenters. The maximum atomic E-state index is 14.0. The van der Waals surface area contributed by atoms with Gasteiger partial charge in [0.25, 0.3) is 0 Å². The predicted octanol–water partition coefficient (Wildman–Crippen LogP) is 4.02. The summed E-state index contributed by atoms with van der Waals surface area (Å²) in [5.74, 6) is 0.501. The SMILES string of the molecule is CCC(=O)NN1CCCCC1Oc1cccc(CSc2ccc(C#N)cc2F)n1. The van der Waals surface area contributed by atoms with Gasteiger partial charge in [0, 0.05) is 29.7 Å². The first-order valence-electron chi connectivity index (χ1n) is 9.60. The molecule has 1 aliphatic rings. The average molecular weight is 415 g/mol. The van der Waals surface area contributed by atoms with E-state index >= 15 is 0 Å². The molecule has 6 nitrogen and oxygen atoms in total. The number of hydrogen-bond donors (Lipinski definition) is 1. The van der Waals surface area contributed by atoms with Crippen molar-refractivity contribution in [2.75, 3.05) is 6.54 Å². The quantitative estimate of drug-likeness (QED) is 0.690. The van der Waals surface area contributed by atoms with E-state index in [0.29, 0.717) is 28.5 Å². The third-order valence-electron chi connectivity index (χ3n) is 4.51. The Hall–Kier alpha value is -2.63. The minimum absolute atomic E-state index is 0.0388. The second-order valence-electron chi connectivity index (χ2n) is 6.66. The molecule has 2 aromatic rings. The number of aromatic nitrogens is 1. The molecule has 29 heavy (non-hydrogen) atoms. The molecular formula is C21H23FN4O2S. The van der Waals surface area contributed by atoms with Crippen LogP contribution < -0.4 is 10.2 Å². The fourth-order valence-electron chi connectivity index (χ4n) is 2.97. The topological polar surface area (TPSA) is 78.3 Å². The van der Waals surface area contributed by atoms with Crippen molar-refractivity contribution in [2.24, 2.45) is 0 Å². The Morgan fingerprint density at radius 2 is 2.28 bits per heavy atom. The van der Waals surface area contributed by atoms with Crippen LogP contribution in [-0.4, -0.2) is 28.7 Å². The zero-order chi connectivity index (χ0) is 20.6. The van der Waals surface area contributed by atoms with Gasteiger partial charge in [-0.1, -0.05) is 13.0 Å². The van der Waals surface area contributed by atoms with Gasteiger partial charge >= 0.3 is 0 Å². The van der Waals surface area contributed by atoms with Gasteiger partial charge in [-0.05, 0) is 43.5 Å². The van der Waals surface area contributed by atoms with Crippen LogP contribution in [0.15, 0.2) is 41.3 Å². The van der Waals surface area contributed by atoms with Gasteiger partial charge in [0.1, 0.15) is 5.82 Å². The standard InChI is InChI=1S/C21H23FN4O2S/c1-2-19(27)25-26-11-4-3-8-21(26)28-20-7-5-6-16(24-20)14-29-18-10-9-15(13-23)12-17(18)22/h5-7,9-10,12,21H,2-4,8,11,14H2,1H3,(H,25,27). The molecule has 0 radical (unpaired) electrons. The van der Waals surface area contributed by atoms with Gasteiger partial charge in [0.15, 0.2) is 6.23 Å². The molecular weight excluding hydrogens is 391 g/mol. The summed E-state index contributed by atoms with van der Waals surface area (Å²) in [7, 11) is 0. The van der Waals surface area contributed by atoms with Gasteiger partial charge in [-0.3, -0.25) is 10.2 Å². The Morgan fingerprint density at radius 1 is 1.41 bits per heavy atom.